The van der Waals surface area contributed by atoms with E-state index in [0.29, 0.717) is 6.04 Å². The van der Waals surface area contributed by atoms with Gasteiger partial charge in [0.25, 0.3) is 0 Å². The number of rotatable bonds is 5. The van der Waals surface area contributed by atoms with Gasteiger partial charge in [0.1, 0.15) is 11.5 Å². The number of fused-ring (bicyclic) bond motifs is 1. The second kappa shape index (κ2) is 6.67. The van der Waals surface area contributed by atoms with Crippen molar-refractivity contribution in [2.75, 3.05) is 41.9 Å². The Kier molecular flexibility index (Phi) is 5.12. The Labute approximate surface area is 128 Å². The van der Waals surface area contributed by atoms with Gasteiger partial charge in [-0.15, -0.1) is 0 Å². The first-order valence-electron chi connectivity index (χ1n) is 7.65. The molecule has 118 valence electrons. The number of likely N-dealkylation sites (N-methyl/N-ethyl adjacent to an activating group) is 1. The van der Waals surface area contributed by atoms with Crippen molar-refractivity contribution in [1.82, 2.24) is 9.80 Å². The van der Waals surface area contributed by atoms with Gasteiger partial charge in [-0.2, -0.15) is 0 Å². The van der Waals surface area contributed by atoms with Crippen molar-refractivity contribution in [3.63, 3.8) is 0 Å². The molecule has 1 aromatic rings. The lowest BCUT2D eigenvalue weighted by Crippen LogP contribution is -2.32. The van der Waals surface area contributed by atoms with E-state index in [9.17, 15) is 0 Å². The summed E-state index contributed by atoms with van der Waals surface area (Å²) >= 11 is 0. The van der Waals surface area contributed by atoms with Crippen LogP contribution in [0.5, 0.6) is 11.5 Å². The van der Waals surface area contributed by atoms with Crippen LogP contribution >= 0.6 is 0 Å². The Morgan fingerprint density at radius 3 is 2.52 bits per heavy atom. The first-order valence-corrected chi connectivity index (χ1v) is 7.65. The monoisotopic (exact) mass is 292 g/mol. The van der Waals surface area contributed by atoms with Crippen LogP contribution in [0.25, 0.3) is 0 Å². The van der Waals surface area contributed by atoms with Gasteiger partial charge < -0.3 is 14.4 Å². The number of ether oxygens (including phenoxy) is 2. The van der Waals surface area contributed by atoms with Crippen LogP contribution in [-0.2, 0) is 13.0 Å². The van der Waals surface area contributed by atoms with Crippen molar-refractivity contribution in [3.05, 3.63) is 22.8 Å². The summed E-state index contributed by atoms with van der Waals surface area (Å²) in [5, 5.41) is 0. The lowest BCUT2D eigenvalue weighted by atomic mass is 9.88. The van der Waals surface area contributed by atoms with E-state index in [1.807, 2.05) is 0 Å². The van der Waals surface area contributed by atoms with Crippen LogP contribution in [0.4, 0.5) is 0 Å². The van der Waals surface area contributed by atoms with Crippen LogP contribution < -0.4 is 9.47 Å². The maximum Gasteiger partial charge on any atom is 0.127 e. The van der Waals surface area contributed by atoms with Crippen molar-refractivity contribution < 1.29 is 9.47 Å². The fourth-order valence-electron chi connectivity index (χ4n) is 3.44. The molecule has 4 nitrogen and oxygen atoms in total. The van der Waals surface area contributed by atoms with E-state index >= 15 is 0 Å². The van der Waals surface area contributed by atoms with E-state index in [1.54, 1.807) is 14.2 Å². The molecule has 0 bridgehead atoms. The van der Waals surface area contributed by atoms with Crippen LogP contribution in [0.3, 0.4) is 0 Å². The quantitative estimate of drug-likeness (QED) is 0.833. The molecule has 2 rings (SSSR count). The van der Waals surface area contributed by atoms with Gasteiger partial charge in [-0.05, 0) is 40.1 Å². The molecule has 4 heteroatoms. The zero-order valence-corrected chi connectivity index (χ0v) is 14.2. The van der Waals surface area contributed by atoms with E-state index < -0.39 is 0 Å². The summed E-state index contributed by atoms with van der Waals surface area (Å²) in [5.74, 6) is 2.05. The Bertz CT molecular complexity index is 500. The molecule has 1 aliphatic rings. The largest absolute Gasteiger partial charge is 0.496 e. The Balaban J connectivity index is 2.62. The van der Waals surface area contributed by atoms with Gasteiger partial charge in [0.15, 0.2) is 0 Å². The number of nitrogens with zero attached hydrogens (tertiary/aromatic N) is 2. The van der Waals surface area contributed by atoms with Gasteiger partial charge in [-0.25, -0.2) is 0 Å². The summed E-state index contributed by atoms with van der Waals surface area (Å²) in [6.45, 7) is 4.16. The fourth-order valence-corrected chi connectivity index (χ4v) is 3.44. The van der Waals surface area contributed by atoms with E-state index in [4.69, 9.17) is 9.47 Å². The average Bonchev–Trinajstić information content (AvgIpc) is 2.45. The Morgan fingerprint density at radius 2 is 2.00 bits per heavy atom. The van der Waals surface area contributed by atoms with Gasteiger partial charge >= 0.3 is 0 Å². The Morgan fingerprint density at radius 1 is 1.29 bits per heavy atom. The van der Waals surface area contributed by atoms with Crippen LogP contribution in [0.2, 0.25) is 0 Å². The molecular weight excluding hydrogens is 264 g/mol. The SMILES string of the molecule is CCC1c2c(OC)cc(CN(C)C)c(OC)c2CCN1C. The molecule has 0 spiro atoms. The van der Waals surface area contributed by atoms with Crippen LogP contribution in [0.1, 0.15) is 36.1 Å². The molecule has 0 saturated carbocycles. The number of benzene rings is 1. The summed E-state index contributed by atoms with van der Waals surface area (Å²) < 4.78 is 11.5. The highest BCUT2D eigenvalue weighted by Crippen LogP contribution is 2.44. The van der Waals surface area contributed by atoms with Crippen molar-refractivity contribution in [2.45, 2.75) is 32.4 Å². The molecule has 0 saturated heterocycles. The summed E-state index contributed by atoms with van der Waals surface area (Å²) in [7, 11) is 9.89. The van der Waals surface area contributed by atoms with Crippen molar-refractivity contribution in [3.8, 4) is 11.5 Å². The van der Waals surface area contributed by atoms with Crippen molar-refractivity contribution in [1.29, 1.82) is 0 Å². The van der Waals surface area contributed by atoms with Gasteiger partial charge in [-0.1, -0.05) is 6.92 Å². The summed E-state index contributed by atoms with van der Waals surface area (Å²) in [5.41, 5.74) is 3.85. The fraction of sp³-hybridized carbons (Fsp3) is 0.647. The van der Waals surface area contributed by atoms with Gasteiger partial charge in [0.2, 0.25) is 0 Å². The highest BCUT2D eigenvalue weighted by Gasteiger charge is 2.30. The van der Waals surface area contributed by atoms with Gasteiger partial charge in [0.05, 0.1) is 14.2 Å². The molecule has 1 aliphatic heterocycles. The zero-order valence-electron chi connectivity index (χ0n) is 14.2. The molecule has 1 atom stereocenters. The molecule has 0 aromatic heterocycles. The number of hydrogen-bond donors (Lipinski definition) is 0. The predicted octanol–water partition coefficient (Wildman–Crippen LogP) is 2.70. The number of hydrogen-bond acceptors (Lipinski definition) is 4. The molecule has 0 fully saturated rings. The highest BCUT2D eigenvalue weighted by molar-refractivity contribution is 5.56. The minimum absolute atomic E-state index is 0.408. The maximum absolute atomic E-state index is 5.77. The van der Waals surface area contributed by atoms with E-state index in [0.717, 1.165) is 37.4 Å². The van der Waals surface area contributed by atoms with E-state index in [2.05, 4.69) is 43.9 Å². The molecule has 0 N–H and O–H groups in total. The van der Waals surface area contributed by atoms with Crippen LogP contribution in [0, 0.1) is 0 Å². The minimum atomic E-state index is 0.408. The lowest BCUT2D eigenvalue weighted by molar-refractivity contribution is 0.215. The first-order chi connectivity index (χ1) is 10.0. The molecule has 0 radical (unpaired) electrons. The molecule has 1 unspecified atom stereocenters. The molecule has 1 heterocycles. The topological polar surface area (TPSA) is 24.9 Å². The van der Waals surface area contributed by atoms with Gasteiger partial charge in [0, 0.05) is 35.8 Å². The van der Waals surface area contributed by atoms with Gasteiger partial charge in [-0.3, -0.25) is 4.90 Å². The molecule has 21 heavy (non-hydrogen) atoms. The second-order valence-corrected chi connectivity index (χ2v) is 6.06. The Hall–Kier alpha value is -1.26. The molecule has 0 amide bonds. The van der Waals surface area contributed by atoms with E-state index in [1.165, 1.54) is 16.7 Å². The summed E-state index contributed by atoms with van der Waals surface area (Å²) in [6, 6.07) is 2.56. The average molecular weight is 292 g/mol. The summed E-state index contributed by atoms with van der Waals surface area (Å²) in [4.78, 5) is 4.58. The third-order valence-corrected chi connectivity index (χ3v) is 4.34. The first kappa shape index (κ1) is 16.1. The maximum atomic E-state index is 5.77. The second-order valence-electron chi connectivity index (χ2n) is 6.06. The van der Waals surface area contributed by atoms with Crippen LogP contribution in [0.15, 0.2) is 6.07 Å². The van der Waals surface area contributed by atoms with Crippen molar-refractivity contribution in [2.24, 2.45) is 0 Å². The van der Waals surface area contributed by atoms with Crippen LogP contribution in [-0.4, -0.2) is 51.7 Å². The molecule has 1 aromatic carbocycles. The standard InChI is InChI=1S/C17H28N2O2/c1-7-14-16-13(8-9-19(14)4)17(21-6)12(11-18(2)3)10-15(16)20-5/h10,14H,7-9,11H2,1-6H3. The zero-order chi connectivity index (χ0) is 15.6. The smallest absolute Gasteiger partial charge is 0.127 e. The highest BCUT2D eigenvalue weighted by atomic mass is 16.5. The van der Waals surface area contributed by atoms with E-state index in [-0.39, 0.29) is 0 Å². The number of methoxy groups -OCH3 is 2. The predicted molar refractivity (Wildman–Crippen MR) is 86.3 cm³/mol. The third kappa shape index (κ3) is 3.01. The lowest BCUT2D eigenvalue weighted by Gasteiger charge is -2.36. The molecule has 0 aliphatic carbocycles. The minimum Gasteiger partial charge on any atom is -0.496 e. The molecular formula is C17H28N2O2. The van der Waals surface area contributed by atoms with Crippen molar-refractivity contribution >= 4 is 0 Å². The third-order valence-electron chi connectivity index (χ3n) is 4.34. The normalized spacial score (nSPS) is 18.7. The summed E-state index contributed by atoms with van der Waals surface area (Å²) in [6.07, 6.45) is 2.10.